The molecule has 0 saturated carbocycles. The Balaban J connectivity index is 2.17. The van der Waals surface area contributed by atoms with Crippen LogP contribution in [0, 0.1) is 0 Å². The zero-order chi connectivity index (χ0) is 15.9. The van der Waals surface area contributed by atoms with Crippen molar-refractivity contribution in [3.05, 3.63) is 59.7 Å². The molecule has 0 aliphatic rings. The Hall–Kier alpha value is -2.53. The van der Waals surface area contributed by atoms with Crippen LogP contribution in [0.4, 0.5) is 0 Å². The molecular weight excluding hydrogens is 284 g/mol. The second-order valence-corrected chi connectivity index (χ2v) is 4.65. The second-order valence-electron chi connectivity index (χ2n) is 4.65. The van der Waals surface area contributed by atoms with Crippen molar-refractivity contribution in [3.63, 3.8) is 0 Å². The third kappa shape index (κ3) is 3.99. The lowest BCUT2D eigenvalue weighted by Crippen LogP contribution is -2.11. The van der Waals surface area contributed by atoms with E-state index in [9.17, 15) is 9.90 Å². The Bertz CT molecular complexity index is 624. The van der Waals surface area contributed by atoms with Crippen molar-refractivity contribution in [3.8, 4) is 11.5 Å². The number of aliphatic carboxylic acids is 1. The minimum Gasteiger partial charge on any atom is -0.490 e. The van der Waals surface area contributed by atoms with Crippen molar-refractivity contribution in [2.75, 3.05) is 6.61 Å². The maximum absolute atomic E-state index is 10.8. The van der Waals surface area contributed by atoms with Gasteiger partial charge in [-0.1, -0.05) is 36.4 Å². The van der Waals surface area contributed by atoms with Crippen LogP contribution in [-0.2, 0) is 11.4 Å². The van der Waals surface area contributed by atoms with Gasteiger partial charge in [-0.25, -0.2) is 4.79 Å². The normalized spacial score (nSPS) is 11.7. The molecule has 0 spiro atoms. The van der Waals surface area contributed by atoms with E-state index in [0.717, 1.165) is 5.56 Å². The van der Waals surface area contributed by atoms with Crippen molar-refractivity contribution in [1.29, 1.82) is 0 Å². The Labute approximate surface area is 128 Å². The number of aliphatic hydroxyl groups is 1. The first-order valence-electron chi connectivity index (χ1n) is 6.96. The lowest BCUT2D eigenvalue weighted by Gasteiger charge is -2.14. The average Bonchev–Trinajstić information content (AvgIpc) is 2.54. The fourth-order valence-electron chi connectivity index (χ4n) is 1.96. The van der Waals surface area contributed by atoms with Gasteiger partial charge in [0.2, 0.25) is 0 Å². The molecule has 0 aliphatic heterocycles. The van der Waals surface area contributed by atoms with Crippen LogP contribution in [0.2, 0.25) is 0 Å². The van der Waals surface area contributed by atoms with E-state index in [2.05, 4.69) is 0 Å². The predicted molar refractivity (Wildman–Crippen MR) is 81.0 cm³/mol. The number of hydrogen-bond acceptors (Lipinski definition) is 4. The summed E-state index contributed by atoms with van der Waals surface area (Å²) in [5.74, 6) is -0.385. The van der Waals surface area contributed by atoms with Gasteiger partial charge in [0, 0.05) is 0 Å². The van der Waals surface area contributed by atoms with E-state index < -0.39 is 12.1 Å². The molecule has 0 heterocycles. The highest BCUT2D eigenvalue weighted by Gasteiger charge is 2.18. The first-order valence-corrected chi connectivity index (χ1v) is 6.96. The van der Waals surface area contributed by atoms with Gasteiger partial charge >= 0.3 is 5.97 Å². The van der Waals surface area contributed by atoms with Crippen LogP contribution in [0.5, 0.6) is 11.5 Å². The number of ether oxygens (including phenoxy) is 2. The van der Waals surface area contributed by atoms with Gasteiger partial charge in [0.25, 0.3) is 0 Å². The summed E-state index contributed by atoms with van der Waals surface area (Å²) in [6.07, 6.45) is -1.58. The fourth-order valence-corrected chi connectivity index (χ4v) is 1.96. The molecular formula is C17H18O5. The average molecular weight is 302 g/mol. The summed E-state index contributed by atoms with van der Waals surface area (Å²) in [6, 6.07) is 14.3. The van der Waals surface area contributed by atoms with Gasteiger partial charge in [-0.05, 0) is 30.2 Å². The lowest BCUT2D eigenvalue weighted by molar-refractivity contribution is -0.146. The predicted octanol–water partition coefficient (Wildman–Crippen LogP) is 2.78. The van der Waals surface area contributed by atoms with Crippen LogP contribution in [-0.4, -0.2) is 22.8 Å². The summed E-state index contributed by atoms with van der Waals surface area (Å²) in [4.78, 5) is 10.8. The monoisotopic (exact) mass is 302 g/mol. The molecule has 2 aromatic carbocycles. The van der Waals surface area contributed by atoms with E-state index in [-0.39, 0.29) is 5.56 Å². The molecule has 0 saturated heterocycles. The Morgan fingerprint density at radius 1 is 1.09 bits per heavy atom. The van der Waals surface area contributed by atoms with Gasteiger partial charge < -0.3 is 19.7 Å². The Morgan fingerprint density at radius 3 is 2.45 bits per heavy atom. The quantitative estimate of drug-likeness (QED) is 0.822. The molecule has 0 bridgehead atoms. The number of benzene rings is 2. The second kappa shape index (κ2) is 7.47. The number of carbonyl (C=O) groups is 1. The minimum absolute atomic E-state index is 0.253. The van der Waals surface area contributed by atoms with Crippen LogP contribution in [0.15, 0.2) is 48.5 Å². The molecule has 22 heavy (non-hydrogen) atoms. The molecule has 5 nitrogen and oxygen atoms in total. The van der Waals surface area contributed by atoms with Crippen LogP contribution in [0.3, 0.4) is 0 Å². The number of rotatable bonds is 7. The fraction of sp³-hybridized carbons (Fsp3) is 0.235. The van der Waals surface area contributed by atoms with Crippen LogP contribution in [0.1, 0.15) is 24.2 Å². The number of carboxylic acids is 1. The molecule has 0 aliphatic carbocycles. The number of aliphatic hydroxyl groups excluding tert-OH is 1. The summed E-state index contributed by atoms with van der Waals surface area (Å²) in [5.41, 5.74) is 1.27. The molecule has 0 radical (unpaired) electrons. The van der Waals surface area contributed by atoms with Crippen molar-refractivity contribution < 1.29 is 24.5 Å². The smallest absolute Gasteiger partial charge is 0.337 e. The maximum atomic E-state index is 10.8. The summed E-state index contributed by atoms with van der Waals surface area (Å²) in [6.45, 7) is 2.61. The number of carboxylic acid groups (broad SMARTS) is 1. The molecule has 1 atom stereocenters. The van der Waals surface area contributed by atoms with E-state index in [1.807, 2.05) is 37.3 Å². The first-order chi connectivity index (χ1) is 10.6. The molecule has 0 fully saturated rings. The third-order valence-corrected chi connectivity index (χ3v) is 3.05. The number of hydrogen-bond donors (Lipinski definition) is 2. The summed E-state index contributed by atoms with van der Waals surface area (Å²) < 4.78 is 11.2. The molecule has 0 amide bonds. The molecule has 2 N–H and O–H groups in total. The standard InChI is InChI=1S/C17H18O5/c1-2-21-15-10-13(16(18)17(19)20)8-9-14(15)22-11-12-6-4-3-5-7-12/h3-10,16,18H,2,11H2,1H3,(H,19,20). The zero-order valence-electron chi connectivity index (χ0n) is 12.2. The minimum atomic E-state index is -1.58. The van der Waals surface area contributed by atoms with Gasteiger partial charge in [0.1, 0.15) is 6.61 Å². The topological polar surface area (TPSA) is 76.0 Å². The first kappa shape index (κ1) is 15.9. The van der Waals surface area contributed by atoms with E-state index >= 15 is 0 Å². The Morgan fingerprint density at radius 2 is 1.82 bits per heavy atom. The van der Waals surface area contributed by atoms with Gasteiger partial charge in [-0.2, -0.15) is 0 Å². The largest absolute Gasteiger partial charge is 0.490 e. The summed E-state index contributed by atoms with van der Waals surface area (Å²) in [7, 11) is 0. The van der Waals surface area contributed by atoms with E-state index in [1.165, 1.54) is 12.1 Å². The molecule has 0 aromatic heterocycles. The van der Waals surface area contributed by atoms with Gasteiger partial charge in [0.15, 0.2) is 17.6 Å². The van der Waals surface area contributed by atoms with Gasteiger partial charge in [-0.15, -0.1) is 0 Å². The molecule has 2 rings (SSSR count). The van der Waals surface area contributed by atoms with Crippen molar-refractivity contribution >= 4 is 5.97 Å². The van der Waals surface area contributed by atoms with E-state index in [1.54, 1.807) is 6.07 Å². The highest BCUT2D eigenvalue weighted by atomic mass is 16.5. The van der Waals surface area contributed by atoms with Crippen LogP contribution >= 0.6 is 0 Å². The van der Waals surface area contributed by atoms with Gasteiger partial charge in [-0.3, -0.25) is 0 Å². The van der Waals surface area contributed by atoms with Crippen LogP contribution < -0.4 is 9.47 Å². The zero-order valence-corrected chi connectivity index (χ0v) is 12.2. The van der Waals surface area contributed by atoms with Crippen molar-refractivity contribution in [1.82, 2.24) is 0 Å². The molecule has 2 aromatic rings. The lowest BCUT2D eigenvalue weighted by atomic mass is 10.1. The molecule has 1 unspecified atom stereocenters. The third-order valence-electron chi connectivity index (χ3n) is 3.05. The Kier molecular flexibility index (Phi) is 5.38. The van der Waals surface area contributed by atoms with Crippen molar-refractivity contribution in [2.45, 2.75) is 19.6 Å². The summed E-state index contributed by atoms with van der Waals surface area (Å²) in [5, 5.41) is 18.4. The molecule has 116 valence electrons. The van der Waals surface area contributed by atoms with Gasteiger partial charge in [0.05, 0.1) is 6.61 Å². The van der Waals surface area contributed by atoms with Crippen LogP contribution in [0.25, 0.3) is 0 Å². The highest BCUT2D eigenvalue weighted by Crippen LogP contribution is 2.31. The van der Waals surface area contributed by atoms with Crippen molar-refractivity contribution in [2.24, 2.45) is 0 Å². The summed E-state index contributed by atoms with van der Waals surface area (Å²) >= 11 is 0. The maximum Gasteiger partial charge on any atom is 0.337 e. The highest BCUT2D eigenvalue weighted by molar-refractivity contribution is 5.74. The van der Waals surface area contributed by atoms with E-state index in [4.69, 9.17) is 14.6 Å². The van der Waals surface area contributed by atoms with E-state index in [0.29, 0.717) is 24.7 Å². The molecule has 5 heteroatoms. The SMILES string of the molecule is CCOc1cc(C(O)C(=O)O)ccc1OCc1ccccc1.